The van der Waals surface area contributed by atoms with Crippen LogP contribution < -0.4 is 0 Å². The summed E-state index contributed by atoms with van der Waals surface area (Å²) in [4.78, 5) is 11.5. The Labute approximate surface area is 189 Å². The van der Waals surface area contributed by atoms with Gasteiger partial charge in [-0.1, -0.05) is 36.2 Å². The van der Waals surface area contributed by atoms with Gasteiger partial charge in [0.2, 0.25) is 0 Å². The van der Waals surface area contributed by atoms with Crippen LogP contribution >= 0.6 is 23.2 Å². The van der Waals surface area contributed by atoms with Crippen LogP contribution in [0.5, 0.6) is 0 Å². The summed E-state index contributed by atoms with van der Waals surface area (Å²) >= 11 is 12.0. The first-order valence-corrected chi connectivity index (χ1v) is 11.4. The first kappa shape index (κ1) is 22.4. The molecule has 0 saturated carbocycles. The third-order valence-corrected chi connectivity index (χ3v) is 7.00. The van der Waals surface area contributed by atoms with Crippen molar-refractivity contribution in [3.8, 4) is 22.5 Å². The highest BCUT2D eigenvalue weighted by atomic mass is 35.5. The predicted molar refractivity (Wildman–Crippen MR) is 112 cm³/mol. The molecule has 13 heteroatoms. The van der Waals surface area contributed by atoms with E-state index in [2.05, 4.69) is 20.1 Å². The first-order valence-electron chi connectivity index (χ1n) is 8.99. The number of aromatic nitrogens is 5. The number of alkyl halides is 3. The van der Waals surface area contributed by atoms with E-state index in [1.165, 1.54) is 31.5 Å². The number of sulfone groups is 1. The molecule has 0 bridgehead atoms. The molecule has 0 unspecified atom stereocenters. The van der Waals surface area contributed by atoms with Crippen LogP contribution in [0.25, 0.3) is 28.3 Å². The van der Waals surface area contributed by atoms with Gasteiger partial charge in [-0.25, -0.2) is 17.9 Å². The van der Waals surface area contributed by atoms with Crippen LogP contribution in [0.15, 0.2) is 47.6 Å². The quantitative estimate of drug-likeness (QED) is 0.392. The molecule has 3 aromatic heterocycles. The average Bonchev–Trinajstić information content (AvgIpc) is 3.19. The molecule has 0 aliphatic rings. The molecule has 0 N–H and O–H groups in total. The summed E-state index contributed by atoms with van der Waals surface area (Å²) in [5, 5.41) is 3.95. The largest absolute Gasteiger partial charge is 0.453 e. The number of benzene rings is 1. The Morgan fingerprint density at radius 3 is 2.44 bits per heavy atom. The number of nitrogens with zero attached hydrogens (tertiary/aromatic N) is 5. The average molecular weight is 502 g/mol. The number of halogens is 5. The third kappa shape index (κ3) is 4.15. The van der Waals surface area contributed by atoms with Crippen molar-refractivity contribution in [3.05, 3.63) is 58.6 Å². The van der Waals surface area contributed by atoms with E-state index < -0.39 is 21.8 Å². The SMILES string of the molecule is CCS(=O)(=O)c1cc(-c2ccc(Cl)c(Cl)c2)cnc1-c1ccn2nc(C(F)(F)F)nc2n1. The Kier molecular flexibility index (Phi) is 5.60. The Hall–Kier alpha value is -2.76. The monoisotopic (exact) mass is 501 g/mol. The van der Waals surface area contributed by atoms with Crippen LogP contribution in [-0.4, -0.2) is 38.7 Å². The lowest BCUT2D eigenvalue weighted by Crippen LogP contribution is -2.08. The molecule has 0 aliphatic heterocycles. The van der Waals surface area contributed by atoms with Gasteiger partial charge in [0.1, 0.15) is 5.69 Å². The van der Waals surface area contributed by atoms with Crippen molar-refractivity contribution >= 4 is 38.8 Å². The Balaban J connectivity index is 1.89. The van der Waals surface area contributed by atoms with Crippen LogP contribution in [0.1, 0.15) is 12.7 Å². The van der Waals surface area contributed by atoms with Gasteiger partial charge in [-0.3, -0.25) is 4.98 Å². The van der Waals surface area contributed by atoms with Crippen molar-refractivity contribution in [2.45, 2.75) is 18.0 Å². The number of rotatable bonds is 4. The first-order chi connectivity index (χ1) is 15.0. The number of hydrogen-bond donors (Lipinski definition) is 0. The second-order valence-corrected chi connectivity index (χ2v) is 9.65. The molecule has 4 aromatic rings. The predicted octanol–water partition coefficient (Wildman–Crippen LogP) is 4.97. The third-order valence-electron chi connectivity index (χ3n) is 4.52. The Morgan fingerprint density at radius 2 is 1.78 bits per heavy atom. The summed E-state index contributed by atoms with van der Waals surface area (Å²) in [6.45, 7) is 1.47. The number of pyridine rings is 1. The topological polar surface area (TPSA) is 90.1 Å². The highest BCUT2D eigenvalue weighted by Crippen LogP contribution is 2.33. The van der Waals surface area contributed by atoms with Gasteiger partial charge >= 0.3 is 6.18 Å². The lowest BCUT2D eigenvalue weighted by atomic mass is 10.1. The molecule has 0 atom stereocenters. The molecule has 0 radical (unpaired) electrons. The zero-order valence-corrected chi connectivity index (χ0v) is 18.4. The van der Waals surface area contributed by atoms with Crippen molar-refractivity contribution in [1.29, 1.82) is 0 Å². The molecule has 0 spiro atoms. The van der Waals surface area contributed by atoms with Gasteiger partial charge < -0.3 is 0 Å². The van der Waals surface area contributed by atoms with Gasteiger partial charge in [-0.05, 0) is 29.8 Å². The van der Waals surface area contributed by atoms with Crippen molar-refractivity contribution in [2.75, 3.05) is 5.75 Å². The molecule has 7 nitrogen and oxygen atoms in total. The van der Waals surface area contributed by atoms with E-state index in [0.717, 1.165) is 4.52 Å². The molecule has 4 rings (SSSR count). The smallest absolute Gasteiger partial charge is 0.253 e. The van der Waals surface area contributed by atoms with Crippen LogP contribution in [0.2, 0.25) is 10.0 Å². The molecule has 0 fully saturated rings. The fourth-order valence-electron chi connectivity index (χ4n) is 2.89. The summed E-state index contributed by atoms with van der Waals surface area (Å²) in [5.41, 5.74) is 1.06. The minimum atomic E-state index is -4.75. The van der Waals surface area contributed by atoms with Gasteiger partial charge in [-0.15, -0.1) is 5.10 Å². The fraction of sp³-hybridized carbons (Fsp3) is 0.158. The maximum absolute atomic E-state index is 12.9. The van der Waals surface area contributed by atoms with Gasteiger partial charge in [0.15, 0.2) is 9.84 Å². The highest BCUT2D eigenvalue weighted by Gasteiger charge is 2.36. The molecule has 1 aromatic carbocycles. The molecule has 166 valence electrons. The molecule has 3 heterocycles. The van der Waals surface area contributed by atoms with Crippen LogP contribution in [0.4, 0.5) is 13.2 Å². The zero-order valence-electron chi connectivity index (χ0n) is 16.1. The molecule has 0 aliphatic carbocycles. The molecule has 0 saturated heterocycles. The maximum Gasteiger partial charge on any atom is 0.453 e. The van der Waals surface area contributed by atoms with Crippen LogP contribution in [0.3, 0.4) is 0 Å². The summed E-state index contributed by atoms with van der Waals surface area (Å²) in [7, 11) is -3.78. The fourth-order valence-corrected chi connectivity index (χ4v) is 4.26. The Bertz CT molecular complexity index is 1460. The Morgan fingerprint density at radius 1 is 1.03 bits per heavy atom. The molecular weight excluding hydrogens is 490 g/mol. The standard InChI is InChI=1S/C19H12Cl2F3N5O2S/c1-2-32(30,31)15-8-11(10-3-4-12(20)13(21)7-10)9-25-16(15)14-5-6-29-18(26-14)27-17(28-29)19(22,23)24/h3-9H,2H2,1H3. The van der Waals surface area contributed by atoms with E-state index in [4.69, 9.17) is 23.2 Å². The zero-order chi connectivity index (χ0) is 23.3. The van der Waals surface area contributed by atoms with Crippen LogP contribution in [0, 0.1) is 0 Å². The molecular formula is C19H12Cl2F3N5O2S. The lowest BCUT2D eigenvalue weighted by molar-refractivity contribution is -0.144. The van der Waals surface area contributed by atoms with Gasteiger partial charge in [-0.2, -0.15) is 18.2 Å². The van der Waals surface area contributed by atoms with Crippen molar-refractivity contribution in [2.24, 2.45) is 0 Å². The lowest BCUT2D eigenvalue weighted by Gasteiger charge is -2.11. The van der Waals surface area contributed by atoms with E-state index in [1.54, 1.807) is 18.2 Å². The second-order valence-electron chi connectivity index (χ2n) is 6.59. The molecule has 0 amide bonds. The van der Waals surface area contributed by atoms with E-state index in [-0.39, 0.29) is 32.8 Å². The van der Waals surface area contributed by atoms with E-state index in [0.29, 0.717) is 16.1 Å². The minimum absolute atomic E-state index is 0.0188. The van der Waals surface area contributed by atoms with Crippen LogP contribution in [-0.2, 0) is 16.0 Å². The van der Waals surface area contributed by atoms with Crippen molar-refractivity contribution in [1.82, 2.24) is 24.6 Å². The van der Waals surface area contributed by atoms with Gasteiger partial charge in [0.25, 0.3) is 11.6 Å². The summed E-state index contributed by atoms with van der Waals surface area (Å²) < 4.78 is 65.2. The summed E-state index contributed by atoms with van der Waals surface area (Å²) in [6.07, 6.45) is -2.12. The van der Waals surface area contributed by atoms with E-state index in [1.807, 2.05) is 0 Å². The van der Waals surface area contributed by atoms with Gasteiger partial charge in [0.05, 0.1) is 26.4 Å². The minimum Gasteiger partial charge on any atom is -0.253 e. The molecule has 32 heavy (non-hydrogen) atoms. The number of fused-ring (bicyclic) bond motifs is 1. The summed E-state index contributed by atoms with van der Waals surface area (Å²) in [6, 6.07) is 7.53. The second kappa shape index (κ2) is 7.98. The number of hydrogen-bond acceptors (Lipinski definition) is 6. The highest BCUT2D eigenvalue weighted by molar-refractivity contribution is 7.91. The van der Waals surface area contributed by atoms with E-state index in [9.17, 15) is 21.6 Å². The maximum atomic E-state index is 12.9. The van der Waals surface area contributed by atoms with Gasteiger partial charge in [0, 0.05) is 18.0 Å². The van der Waals surface area contributed by atoms with Crippen molar-refractivity contribution < 1.29 is 21.6 Å². The van der Waals surface area contributed by atoms with Crippen molar-refractivity contribution in [3.63, 3.8) is 0 Å². The summed E-state index contributed by atoms with van der Waals surface area (Å²) in [5.74, 6) is -1.92. The van der Waals surface area contributed by atoms with E-state index >= 15 is 0 Å². The normalized spacial score (nSPS) is 12.4.